The SMILES string of the molecule is Cn1nnnc1NCCC(=O)N1CCCCC1. The zero-order chi connectivity index (χ0) is 12.1. The minimum atomic E-state index is 0.215. The first-order chi connectivity index (χ1) is 8.27. The molecule has 0 saturated carbocycles. The number of carbonyl (C=O) groups excluding carboxylic acids is 1. The lowest BCUT2D eigenvalue weighted by Gasteiger charge is -2.26. The summed E-state index contributed by atoms with van der Waals surface area (Å²) in [6.45, 7) is 2.39. The van der Waals surface area contributed by atoms with Crippen molar-refractivity contribution in [2.24, 2.45) is 7.05 Å². The number of nitrogens with zero attached hydrogens (tertiary/aromatic N) is 5. The van der Waals surface area contributed by atoms with Gasteiger partial charge in [-0.15, -0.1) is 0 Å². The maximum atomic E-state index is 11.8. The summed E-state index contributed by atoms with van der Waals surface area (Å²) in [5.41, 5.74) is 0. The molecule has 94 valence electrons. The summed E-state index contributed by atoms with van der Waals surface area (Å²) < 4.78 is 1.55. The van der Waals surface area contributed by atoms with E-state index in [0.29, 0.717) is 18.9 Å². The number of carbonyl (C=O) groups is 1. The molecule has 0 atom stereocenters. The monoisotopic (exact) mass is 238 g/mol. The average Bonchev–Trinajstić information content (AvgIpc) is 2.76. The fourth-order valence-corrected chi connectivity index (χ4v) is 1.96. The predicted molar refractivity (Wildman–Crippen MR) is 62.3 cm³/mol. The van der Waals surface area contributed by atoms with Crippen molar-refractivity contribution in [2.75, 3.05) is 25.0 Å². The van der Waals surface area contributed by atoms with E-state index in [1.54, 1.807) is 11.7 Å². The number of piperidine rings is 1. The topological polar surface area (TPSA) is 75.9 Å². The molecule has 1 saturated heterocycles. The molecule has 17 heavy (non-hydrogen) atoms. The Balaban J connectivity index is 1.71. The summed E-state index contributed by atoms with van der Waals surface area (Å²) in [5, 5.41) is 14.0. The molecule has 7 nitrogen and oxygen atoms in total. The van der Waals surface area contributed by atoms with Crippen LogP contribution >= 0.6 is 0 Å². The molecule has 1 fully saturated rings. The average molecular weight is 238 g/mol. The van der Waals surface area contributed by atoms with Crippen molar-refractivity contribution in [1.82, 2.24) is 25.1 Å². The third-order valence-corrected chi connectivity index (χ3v) is 2.95. The molecule has 1 amide bonds. The van der Waals surface area contributed by atoms with E-state index in [-0.39, 0.29) is 5.91 Å². The first-order valence-electron chi connectivity index (χ1n) is 6.01. The van der Waals surface area contributed by atoms with E-state index in [0.717, 1.165) is 25.9 Å². The van der Waals surface area contributed by atoms with Gasteiger partial charge in [0.25, 0.3) is 0 Å². The maximum absolute atomic E-state index is 11.8. The van der Waals surface area contributed by atoms with Crippen molar-refractivity contribution in [2.45, 2.75) is 25.7 Å². The Kier molecular flexibility index (Phi) is 3.89. The van der Waals surface area contributed by atoms with Gasteiger partial charge < -0.3 is 10.2 Å². The molecule has 7 heteroatoms. The van der Waals surface area contributed by atoms with Crippen molar-refractivity contribution >= 4 is 11.9 Å². The van der Waals surface area contributed by atoms with Crippen molar-refractivity contribution in [3.63, 3.8) is 0 Å². The number of tetrazole rings is 1. The smallest absolute Gasteiger partial charge is 0.242 e. The van der Waals surface area contributed by atoms with Gasteiger partial charge in [-0.2, -0.15) is 0 Å². The summed E-state index contributed by atoms with van der Waals surface area (Å²) >= 11 is 0. The van der Waals surface area contributed by atoms with Crippen LogP contribution < -0.4 is 5.32 Å². The molecule has 0 spiro atoms. The highest BCUT2D eigenvalue weighted by molar-refractivity contribution is 5.76. The fraction of sp³-hybridized carbons (Fsp3) is 0.800. The number of aryl methyl sites for hydroxylation is 1. The van der Waals surface area contributed by atoms with E-state index in [1.165, 1.54) is 6.42 Å². The minimum absolute atomic E-state index is 0.215. The quantitative estimate of drug-likeness (QED) is 0.800. The van der Waals surface area contributed by atoms with Gasteiger partial charge in [-0.05, 0) is 29.7 Å². The Hall–Kier alpha value is -1.66. The number of hydrogen-bond acceptors (Lipinski definition) is 5. The van der Waals surface area contributed by atoms with Crippen LogP contribution in [0.5, 0.6) is 0 Å². The molecule has 2 heterocycles. The first-order valence-corrected chi connectivity index (χ1v) is 6.01. The zero-order valence-electron chi connectivity index (χ0n) is 10.1. The van der Waals surface area contributed by atoms with E-state index in [9.17, 15) is 4.79 Å². The molecule has 0 unspecified atom stereocenters. The second-order valence-corrected chi connectivity index (χ2v) is 4.24. The van der Waals surface area contributed by atoms with Crippen molar-refractivity contribution in [3.8, 4) is 0 Å². The molecule has 0 bridgehead atoms. The maximum Gasteiger partial charge on any atom is 0.242 e. The molecule has 1 aliphatic rings. The Morgan fingerprint density at radius 2 is 2.12 bits per heavy atom. The molecular formula is C10H18N6O. The van der Waals surface area contributed by atoms with Gasteiger partial charge in [0, 0.05) is 33.1 Å². The third-order valence-electron chi connectivity index (χ3n) is 2.95. The minimum Gasteiger partial charge on any atom is -0.353 e. The molecule has 1 aromatic heterocycles. The van der Waals surface area contributed by atoms with Gasteiger partial charge in [-0.3, -0.25) is 4.79 Å². The number of aromatic nitrogens is 4. The molecule has 1 aliphatic heterocycles. The van der Waals surface area contributed by atoms with Crippen LogP contribution in [0, 0.1) is 0 Å². The second kappa shape index (κ2) is 5.60. The van der Waals surface area contributed by atoms with Gasteiger partial charge >= 0.3 is 0 Å². The molecule has 1 aromatic rings. The number of amides is 1. The van der Waals surface area contributed by atoms with Crippen LogP contribution in [0.15, 0.2) is 0 Å². The van der Waals surface area contributed by atoms with Gasteiger partial charge in [0.1, 0.15) is 0 Å². The summed E-state index contributed by atoms with van der Waals surface area (Å²) in [7, 11) is 1.76. The van der Waals surface area contributed by atoms with Gasteiger partial charge in [-0.1, -0.05) is 5.10 Å². The van der Waals surface area contributed by atoms with E-state index in [1.807, 2.05) is 4.90 Å². The van der Waals surface area contributed by atoms with Crippen LogP contribution in [0.2, 0.25) is 0 Å². The summed E-state index contributed by atoms with van der Waals surface area (Å²) in [4.78, 5) is 13.8. The van der Waals surface area contributed by atoms with Gasteiger partial charge in [-0.25, -0.2) is 4.68 Å². The lowest BCUT2D eigenvalue weighted by molar-refractivity contribution is -0.131. The Morgan fingerprint density at radius 3 is 2.76 bits per heavy atom. The van der Waals surface area contributed by atoms with E-state index < -0.39 is 0 Å². The van der Waals surface area contributed by atoms with Crippen LogP contribution in [0.3, 0.4) is 0 Å². The highest BCUT2D eigenvalue weighted by atomic mass is 16.2. The number of rotatable bonds is 4. The Labute approximate surface area is 100 Å². The largest absolute Gasteiger partial charge is 0.353 e. The van der Waals surface area contributed by atoms with Crippen LogP contribution in [-0.4, -0.2) is 50.6 Å². The van der Waals surface area contributed by atoms with E-state index in [4.69, 9.17) is 0 Å². The molecule has 1 N–H and O–H groups in total. The Bertz CT molecular complexity index is 371. The summed E-state index contributed by atoms with van der Waals surface area (Å²) in [6.07, 6.45) is 4.00. The molecule has 0 aromatic carbocycles. The molecule has 0 radical (unpaired) electrons. The Morgan fingerprint density at radius 1 is 1.35 bits per heavy atom. The van der Waals surface area contributed by atoms with Crippen LogP contribution in [0.4, 0.5) is 5.95 Å². The number of anilines is 1. The molecule has 0 aliphatic carbocycles. The van der Waals surface area contributed by atoms with Crippen molar-refractivity contribution in [3.05, 3.63) is 0 Å². The molecule has 2 rings (SSSR count). The van der Waals surface area contributed by atoms with Crippen molar-refractivity contribution < 1.29 is 4.79 Å². The van der Waals surface area contributed by atoms with E-state index >= 15 is 0 Å². The standard InChI is InChI=1S/C10H18N6O/c1-15-10(12-13-14-15)11-6-5-9(17)16-7-3-2-4-8-16/h2-8H2,1H3,(H,11,12,14). The number of likely N-dealkylation sites (tertiary alicyclic amines) is 1. The number of nitrogens with one attached hydrogen (secondary N) is 1. The first kappa shape index (κ1) is 11.8. The van der Waals surface area contributed by atoms with Crippen molar-refractivity contribution in [1.29, 1.82) is 0 Å². The summed E-state index contributed by atoms with van der Waals surface area (Å²) in [6, 6.07) is 0. The van der Waals surface area contributed by atoms with Gasteiger partial charge in [0.2, 0.25) is 11.9 Å². The van der Waals surface area contributed by atoms with E-state index in [2.05, 4.69) is 20.8 Å². The predicted octanol–water partition coefficient (Wildman–Crippen LogP) is 0.0246. The highest BCUT2D eigenvalue weighted by Crippen LogP contribution is 2.09. The summed E-state index contributed by atoms with van der Waals surface area (Å²) in [5.74, 6) is 0.809. The van der Waals surface area contributed by atoms with Gasteiger partial charge in [0.05, 0.1) is 0 Å². The fourth-order valence-electron chi connectivity index (χ4n) is 1.96. The van der Waals surface area contributed by atoms with Gasteiger partial charge in [0.15, 0.2) is 0 Å². The second-order valence-electron chi connectivity index (χ2n) is 4.24. The third kappa shape index (κ3) is 3.15. The normalized spacial score (nSPS) is 15.9. The molecular weight excluding hydrogens is 220 g/mol. The zero-order valence-corrected chi connectivity index (χ0v) is 10.1. The number of hydrogen-bond donors (Lipinski definition) is 1. The van der Waals surface area contributed by atoms with Crippen LogP contribution in [0.25, 0.3) is 0 Å². The van der Waals surface area contributed by atoms with Crippen LogP contribution in [0.1, 0.15) is 25.7 Å². The lowest BCUT2D eigenvalue weighted by atomic mass is 10.1. The van der Waals surface area contributed by atoms with Crippen LogP contribution in [-0.2, 0) is 11.8 Å². The highest BCUT2D eigenvalue weighted by Gasteiger charge is 2.15. The lowest BCUT2D eigenvalue weighted by Crippen LogP contribution is -2.36.